The van der Waals surface area contributed by atoms with Gasteiger partial charge in [-0.2, -0.15) is 0 Å². The van der Waals surface area contributed by atoms with Crippen LogP contribution >= 0.6 is 0 Å². The normalized spacial score (nSPS) is 20.2. The van der Waals surface area contributed by atoms with E-state index in [0.29, 0.717) is 11.5 Å². The lowest BCUT2D eigenvalue weighted by Gasteiger charge is -2.34. The molecular weight excluding hydrogens is 210 g/mol. The first-order valence-corrected chi connectivity index (χ1v) is 6.51. The molecule has 1 aliphatic carbocycles. The Balaban J connectivity index is 2.22. The van der Waals surface area contributed by atoms with Crippen molar-refractivity contribution >= 4 is 0 Å². The molecule has 94 valence electrons. The molecule has 1 atom stereocenters. The molecule has 2 rings (SSSR count). The number of hydrogen-bond acceptors (Lipinski definition) is 2. The van der Waals surface area contributed by atoms with Crippen LogP contribution in [0, 0.1) is 5.41 Å². The summed E-state index contributed by atoms with van der Waals surface area (Å²) < 4.78 is 5.21. The number of benzene rings is 1. The Morgan fingerprint density at radius 1 is 1.18 bits per heavy atom. The Bertz CT molecular complexity index is 352. The standard InChI is InChI=1S/C15H23NO/c1-15(10-4-5-11-15)14(16-2)12-6-8-13(17-3)9-7-12/h6-9,14,16H,4-5,10-11H2,1-3H3. The summed E-state index contributed by atoms with van der Waals surface area (Å²) in [6, 6.07) is 8.93. The topological polar surface area (TPSA) is 21.3 Å². The Hall–Kier alpha value is -1.02. The van der Waals surface area contributed by atoms with Crippen LogP contribution < -0.4 is 10.1 Å². The molecule has 0 saturated heterocycles. The summed E-state index contributed by atoms with van der Waals surface area (Å²) in [5.41, 5.74) is 1.78. The quantitative estimate of drug-likeness (QED) is 0.859. The molecule has 1 aromatic rings. The first-order valence-electron chi connectivity index (χ1n) is 6.51. The largest absolute Gasteiger partial charge is 0.497 e. The summed E-state index contributed by atoms with van der Waals surface area (Å²) in [6.45, 7) is 2.41. The fraction of sp³-hybridized carbons (Fsp3) is 0.600. The van der Waals surface area contributed by atoms with E-state index < -0.39 is 0 Å². The molecule has 0 spiro atoms. The van der Waals surface area contributed by atoms with E-state index in [-0.39, 0.29) is 0 Å². The minimum Gasteiger partial charge on any atom is -0.497 e. The fourth-order valence-corrected chi connectivity index (χ4v) is 3.19. The van der Waals surface area contributed by atoms with E-state index in [1.54, 1.807) is 7.11 Å². The number of hydrogen-bond donors (Lipinski definition) is 1. The molecule has 0 heterocycles. The summed E-state index contributed by atoms with van der Waals surface area (Å²) >= 11 is 0. The van der Waals surface area contributed by atoms with Gasteiger partial charge in [0.1, 0.15) is 5.75 Å². The third-order valence-electron chi connectivity index (χ3n) is 4.18. The number of methoxy groups -OCH3 is 1. The van der Waals surface area contributed by atoms with Crippen LogP contribution in [0.15, 0.2) is 24.3 Å². The molecule has 17 heavy (non-hydrogen) atoms. The highest BCUT2D eigenvalue weighted by atomic mass is 16.5. The third-order valence-corrected chi connectivity index (χ3v) is 4.18. The molecule has 0 bridgehead atoms. The molecule has 0 amide bonds. The van der Waals surface area contributed by atoms with E-state index in [2.05, 4.69) is 43.6 Å². The zero-order valence-electron chi connectivity index (χ0n) is 11.1. The number of ether oxygens (including phenoxy) is 1. The number of nitrogens with one attached hydrogen (secondary N) is 1. The van der Waals surface area contributed by atoms with Crippen molar-refractivity contribution in [3.8, 4) is 5.75 Å². The smallest absolute Gasteiger partial charge is 0.118 e. The Morgan fingerprint density at radius 2 is 1.76 bits per heavy atom. The second-order valence-corrected chi connectivity index (χ2v) is 5.36. The Morgan fingerprint density at radius 3 is 2.24 bits per heavy atom. The summed E-state index contributed by atoms with van der Waals surface area (Å²) in [4.78, 5) is 0. The van der Waals surface area contributed by atoms with Crippen LogP contribution in [-0.4, -0.2) is 14.2 Å². The molecule has 0 aromatic heterocycles. The molecule has 1 saturated carbocycles. The maximum Gasteiger partial charge on any atom is 0.118 e. The van der Waals surface area contributed by atoms with E-state index in [0.717, 1.165) is 5.75 Å². The summed E-state index contributed by atoms with van der Waals surface area (Å²) in [5, 5.41) is 3.50. The van der Waals surface area contributed by atoms with Crippen molar-refractivity contribution in [3.63, 3.8) is 0 Å². The van der Waals surface area contributed by atoms with Crippen LogP contribution in [0.1, 0.15) is 44.2 Å². The molecule has 1 N–H and O–H groups in total. The van der Waals surface area contributed by atoms with Crippen molar-refractivity contribution in [1.29, 1.82) is 0 Å². The van der Waals surface area contributed by atoms with E-state index in [9.17, 15) is 0 Å². The maximum atomic E-state index is 5.21. The van der Waals surface area contributed by atoms with Gasteiger partial charge in [0.15, 0.2) is 0 Å². The van der Waals surface area contributed by atoms with Gasteiger partial charge in [0.2, 0.25) is 0 Å². The van der Waals surface area contributed by atoms with E-state index in [1.165, 1.54) is 31.2 Å². The SMILES string of the molecule is CNC(c1ccc(OC)cc1)C1(C)CCCC1. The molecule has 2 nitrogen and oxygen atoms in total. The van der Waals surface area contributed by atoms with Crippen molar-refractivity contribution in [1.82, 2.24) is 5.32 Å². The number of rotatable bonds is 4. The lowest BCUT2D eigenvalue weighted by Crippen LogP contribution is -2.32. The van der Waals surface area contributed by atoms with Crippen LogP contribution in [0.4, 0.5) is 0 Å². The summed E-state index contributed by atoms with van der Waals surface area (Å²) in [7, 11) is 3.78. The molecular formula is C15H23NO. The zero-order valence-corrected chi connectivity index (χ0v) is 11.1. The van der Waals surface area contributed by atoms with Gasteiger partial charge in [0.25, 0.3) is 0 Å². The Labute approximate surface area is 104 Å². The van der Waals surface area contributed by atoms with Crippen molar-refractivity contribution < 1.29 is 4.74 Å². The van der Waals surface area contributed by atoms with Crippen molar-refractivity contribution in [2.75, 3.05) is 14.2 Å². The molecule has 1 unspecified atom stereocenters. The van der Waals surface area contributed by atoms with Crippen molar-refractivity contribution in [2.24, 2.45) is 5.41 Å². The lowest BCUT2D eigenvalue weighted by atomic mass is 9.77. The van der Waals surface area contributed by atoms with Crippen LogP contribution in [0.3, 0.4) is 0 Å². The van der Waals surface area contributed by atoms with Gasteiger partial charge in [-0.15, -0.1) is 0 Å². The van der Waals surface area contributed by atoms with Gasteiger partial charge in [-0.05, 0) is 43.0 Å². The molecule has 2 heteroatoms. The van der Waals surface area contributed by atoms with Gasteiger partial charge in [-0.25, -0.2) is 0 Å². The molecule has 0 aliphatic heterocycles. The van der Waals surface area contributed by atoms with Crippen LogP contribution in [0.5, 0.6) is 5.75 Å². The van der Waals surface area contributed by atoms with Gasteiger partial charge < -0.3 is 10.1 Å². The van der Waals surface area contributed by atoms with E-state index in [4.69, 9.17) is 4.74 Å². The van der Waals surface area contributed by atoms with Gasteiger partial charge >= 0.3 is 0 Å². The fourth-order valence-electron chi connectivity index (χ4n) is 3.19. The average molecular weight is 233 g/mol. The Kier molecular flexibility index (Phi) is 3.72. The highest BCUT2D eigenvalue weighted by molar-refractivity contribution is 5.30. The van der Waals surface area contributed by atoms with Gasteiger partial charge in [0.05, 0.1) is 7.11 Å². The summed E-state index contributed by atoms with van der Waals surface area (Å²) in [5.74, 6) is 0.931. The van der Waals surface area contributed by atoms with Gasteiger partial charge in [-0.1, -0.05) is 31.9 Å². The zero-order chi connectivity index (χ0) is 12.3. The van der Waals surface area contributed by atoms with E-state index >= 15 is 0 Å². The van der Waals surface area contributed by atoms with Crippen LogP contribution in [0.25, 0.3) is 0 Å². The monoisotopic (exact) mass is 233 g/mol. The summed E-state index contributed by atoms with van der Waals surface area (Å²) in [6.07, 6.45) is 5.38. The molecule has 1 aliphatic rings. The second kappa shape index (κ2) is 5.09. The minimum atomic E-state index is 0.406. The highest BCUT2D eigenvalue weighted by Crippen LogP contribution is 2.47. The van der Waals surface area contributed by atoms with Crippen molar-refractivity contribution in [2.45, 2.75) is 38.6 Å². The minimum absolute atomic E-state index is 0.406. The second-order valence-electron chi connectivity index (χ2n) is 5.36. The highest BCUT2D eigenvalue weighted by Gasteiger charge is 2.36. The van der Waals surface area contributed by atoms with Gasteiger partial charge in [-0.3, -0.25) is 0 Å². The first kappa shape index (κ1) is 12.4. The maximum absolute atomic E-state index is 5.21. The van der Waals surface area contributed by atoms with Crippen LogP contribution in [0.2, 0.25) is 0 Å². The average Bonchev–Trinajstić information content (AvgIpc) is 2.78. The van der Waals surface area contributed by atoms with Crippen molar-refractivity contribution in [3.05, 3.63) is 29.8 Å². The molecule has 1 aromatic carbocycles. The third kappa shape index (κ3) is 2.47. The predicted octanol–water partition coefficient (Wildman–Crippen LogP) is 3.54. The molecule has 1 fully saturated rings. The molecule has 0 radical (unpaired) electrons. The van der Waals surface area contributed by atoms with E-state index in [1.807, 2.05) is 0 Å². The van der Waals surface area contributed by atoms with Gasteiger partial charge in [0, 0.05) is 6.04 Å². The van der Waals surface area contributed by atoms with Crippen LogP contribution in [-0.2, 0) is 0 Å². The predicted molar refractivity (Wildman–Crippen MR) is 71.4 cm³/mol. The lowest BCUT2D eigenvalue weighted by molar-refractivity contribution is 0.233. The first-order chi connectivity index (χ1) is 8.19.